The second kappa shape index (κ2) is 8.45. The average molecular weight is 359 g/mol. The van der Waals surface area contributed by atoms with Gasteiger partial charge >= 0.3 is 0 Å². The van der Waals surface area contributed by atoms with E-state index in [0.29, 0.717) is 26.1 Å². The van der Waals surface area contributed by atoms with Crippen molar-refractivity contribution in [1.82, 2.24) is 9.88 Å². The highest BCUT2D eigenvalue weighted by Crippen LogP contribution is 2.16. The molecule has 0 spiro atoms. The van der Waals surface area contributed by atoms with Crippen LogP contribution in [0, 0.1) is 0 Å². The second-order valence-corrected chi connectivity index (χ2v) is 7.38. The number of amides is 1. The number of ether oxygens (including phenoxy) is 1. The molecule has 1 aliphatic rings. The van der Waals surface area contributed by atoms with E-state index in [2.05, 4.69) is 17.1 Å². The summed E-state index contributed by atoms with van der Waals surface area (Å²) in [6.45, 7) is 2.01. The van der Waals surface area contributed by atoms with Gasteiger partial charge in [0.25, 0.3) is 0 Å². The molecule has 0 saturated carbocycles. The van der Waals surface area contributed by atoms with Gasteiger partial charge in [-0.3, -0.25) is 4.79 Å². The van der Waals surface area contributed by atoms with Crippen molar-refractivity contribution in [1.29, 1.82) is 0 Å². The zero-order valence-corrected chi connectivity index (χ0v) is 15.7. The summed E-state index contributed by atoms with van der Waals surface area (Å²) in [5.74, 6) is 1.17. The van der Waals surface area contributed by atoms with Gasteiger partial charge in [0.15, 0.2) is 0 Å². The molecule has 6 heteroatoms. The molecule has 0 bridgehead atoms. The normalized spacial score (nSPS) is 17.5. The monoisotopic (exact) mass is 359 g/mol. The van der Waals surface area contributed by atoms with Crippen molar-refractivity contribution in [2.75, 3.05) is 38.7 Å². The van der Waals surface area contributed by atoms with Crippen LogP contribution < -0.4 is 4.90 Å². The maximum atomic E-state index is 12.5. The number of carbonyl (C=O) groups excluding carboxylic acids is 1. The van der Waals surface area contributed by atoms with E-state index in [1.54, 1.807) is 11.3 Å². The number of hydrogen-bond donors (Lipinski definition) is 0. The predicted molar refractivity (Wildman–Crippen MR) is 101 cm³/mol. The van der Waals surface area contributed by atoms with Gasteiger partial charge in [-0.2, -0.15) is 11.3 Å². The first-order chi connectivity index (χ1) is 12.1. The third kappa shape index (κ3) is 5.03. The number of anilines is 1. The topological polar surface area (TPSA) is 45.7 Å². The Kier molecular flexibility index (Phi) is 6.04. The van der Waals surface area contributed by atoms with Crippen molar-refractivity contribution in [2.24, 2.45) is 0 Å². The highest BCUT2D eigenvalue weighted by molar-refractivity contribution is 7.08. The summed E-state index contributed by atoms with van der Waals surface area (Å²) in [5, 5.41) is 4.06. The Morgan fingerprint density at radius 3 is 3.04 bits per heavy atom. The van der Waals surface area contributed by atoms with Crippen LogP contribution in [0.25, 0.3) is 0 Å². The number of aryl methyl sites for hydroxylation is 1. The van der Waals surface area contributed by atoms with E-state index in [0.717, 1.165) is 24.2 Å². The fourth-order valence-electron chi connectivity index (χ4n) is 2.99. The van der Waals surface area contributed by atoms with Crippen LogP contribution in [0.5, 0.6) is 0 Å². The van der Waals surface area contributed by atoms with Gasteiger partial charge in [0.1, 0.15) is 5.82 Å². The van der Waals surface area contributed by atoms with Crippen LogP contribution in [0.15, 0.2) is 35.2 Å². The highest BCUT2D eigenvalue weighted by atomic mass is 32.1. The smallest absolute Gasteiger partial charge is 0.227 e. The standard InChI is InChI=1S/C19H25N3O2S/c1-21(2)18-11-15(5-7-20-18)3-4-17-13-22(8-9-24-17)19(23)12-16-6-10-25-14-16/h5-7,10-11,14,17H,3-4,8-9,12-13H2,1-2H3/t17-/m0/s1. The molecule has 1 fully saturated rings. The van der Waals surface area contributed by atoms with E-state index in [1.807, 2.05) is 46.9 Å². The first-order valence-electron chi connectivity index (χ1n) is 8.64. The summed E-state index contributed by atoms with van der Waals surface area (Å²) in [4.78, 5) is 20.8. The number of hydrogen-bond acceptors (Lipinski definition) is 5. The molecule has 0 aliphatic carbocycles. The number of aromatic nitrogens is 1. The number of thiophene rings is 1. The van der Waals surface area contributed by atoms with E-state index in [1.165, 1.54) is 5.56 Å². The first-order valence-corrected chi connectivity index (χ1v) is 9.59. The largest absolute Gasteiger partial charge is 0.375 e. The van der Waals surface area contributed by atoms with Crippen molar-refractivity contribution < 1.29 is 9.53 Å². The lowest BCUT2D eigenvalue weighted by molar-refractivity contribution is -0.138. The van der Waals surface area contributed by atoms with Crippen LogP contribution in [-0.2, 0) is 22.4 Å². The molecule has 0 unspecified atom stereocenters. The van der Waals surface area contributed by atoms with Gasteiger partial charge < -0.3 is 14.5 Å². The predicted octanol–water partition coefficient (Wildman–Crippen LogP) is 2.61. The van der Waals surface area contributed by atoms with E-state index in [9.17, 15) is 4.79 Å². The van der Waals surface area contributed by atoms with E-state index in [-0.39, 0.29) is 12.0 Å². The van der Waals surface area contributed by atoms with Crippen molar-refractivity contribution in [2.45, 2.75) is 25.4 Å². The number of nitrogens with zero attached hydrogens (tertiary/aromatic N) is 3. The molecule has 1 amide bonds. The Balaban J connectivity index is 1.51. The summed E-state index contributed by atoms with van der Waals surface area (Å²) in [6, 6.07) is 6.18. The van der Waals surface area contributed by atoms with Crippen molar-refractivity contribution in [3.63, 3.8) is 0 Å². The summed E-state index contributed by atoms with van der Waals surface area (Å²) >= 11 is 1.63. The number of morpholine rings is 1. The molecule has 2 aromatic heterocycles. The molecule has 1 atom stereocenters. The van der Waals surface area contributed by atoms with E-state index in [4.69, 9.17) is 4.74 Å². The molecule has 0 N–H and O–H groups in total. The second-order valence-electron chi connectivity index (χ2n) is 6.60. The maximum Gasteiger partial charge on any atom is 0.227 e. The lowest BCUT2D eigenvalue weighted by Crippen LogP contribution is -2.46. The Bertz CT molecular complexity index is 688. The minimum absolute atomic E-state index is 0.108. The van der Waals surface area contributed by atoms with Gasteiger partial charge in [-0.15, -0.1) is 0 Å². The third-order valence-corrected chi connectivity index (χ3v) is 5.18. The van der Waals surface area contributed by atoms with Crippen molar-refractivity contribution >= 4 is 23.1 Å². The van der Waals surface area contributed by atoms with Gasteiger partial charge in [-0.1, -0.05) is 0 Å². The third-order valence-electron chi connectivity index (χ3n) is 4.45. The number of rotatable bonds is 6. The number of carbonyl (C=O) groups is 1. The van der Waals surface area contributed by atoms with E-state index >= 15 is 0 Å². The zero-order valence-electron chi connectivity index (χ0n) is 14.9. The maximum absolute atomic E-state index is 12.5. The van der Waals surface area contributed by atoms with Crippen LogP contribution >= 0.6 is 11.3 Å². The minimum Gasteiger partial charge on any atom is -0.375 e. The molecule has 5 nitrogen and oxygen atoms in total. The van der Waals surface area contributed by atoms with Crippen LogP contribution in [0.4, 0.5) is 5.82 Å². The van der Waals surface area contributed by atoms with Gasteiger partial charge in [-0.25, -0.2) is 4.98 Å². The molecule has 1 saturated heterocycles. The first kappa shape index (κ1) is 17.9. The van der Waals surface area contributed by atoms with Crippen molar-refractivity contribution in [3.05, 3.63) is 46.3 Å². The summed E-state index contributed by atoms with van der Waals surface area (Å²) in [5.41, 5.74) is 2.36. The molecule has 3 heterocycles. The molecule has 134 valence electrons. The van der Waals surface area contributed by atoms with Gasteiger partial charge in [0.2, 0.25) is 5.91 Å². The van der Waals surface area contributed by atoms with Gasteiger partial charge in [-0.05, 0) is 52.9 Å². The molecule has 1 aliphatic heterocycles. The lowest BCUT2D eigenvalue weighted by Gasteiger charge is -2.33. The summed E-state index contributed by atoms with van der Waals surface area (Å²) < 4.78 is 5.88. The van der Waals surface area contributed by atoms with Crippen molar-refractivity contribution in [3.8, 4) is 0 Å². The van der Waals surface area contributed by atoms with Gasteiger partial charge in [0.05, 0.1) is 19.1 Å². The van der Waals surface area contributed by atoms with Crippen LogP contribution in [0.2, 0.25) is 0 Å². The Morgan fingerprint density at radius 1 is 1.40 bits per heavy atom. The Morgan fingerprint density at radius 2 is 2.28 bits per heavy atom. The molecule has 3 rings (SSSR count). The lowest BCUT2D eigenvalue weighted by atomic mass is 10.1. The fraction of sp³-hybridized carbons (Fsp3) is 0.474. The SMILES string of the molecule is CN(C)c1cc(CC[C@H]2CN(C(=O)Cc3ccsc3)CCO2)ccn1. The molecule has 25 heavy (non-hydrogen) atoms. The molecular weight excluding hydrogens is 334 g/mol. The zero-order chi connectivity index (χ0) is 17.6. The minimum atomic E-state index is 0.108. The highest BCUT2D eigenvalue weighted by Gasteiger charge is 2.24. The van der Waals surface area contributed by atoms with Crippen LogP contribution in [0.1, 0.15) is 17.5 Å². The number of pyridine rings is 1. The molecule has 0 radical (unpaired) electrons. The van der Waals surface area contributed by atoms with E-state index < -0.39 is 0 Å². The summed E-state index contributed by atoms with van der Waals surface area (Å²) in [6.07, 6.45) is 4.30. The quantitative estimate of drug-likeness (QED) is 0.795. The van der Waals surface area contributed by atoms with Gasteiger partial charge in [0, 0.05) is 33.4 Å². The Hall–Kier alpha value is -1.92. The molecule has 0 aromatic carbocycles. The fourth-order valence-corrected chi connectivity index (χ4v) is 3.66. The summed E-state index contributed by atoms with van der Waals surface area (Å²) in [7, 11) is 3.99. The molecular formula is C19H25N3O2S. The Labute approximate surface area is 153 Å². The van der Waals surface area contributed by atoms with Crippen LogP contribution in [-0.4, -0.2) is 55.7 Å². The average Bonchev–Trinajstić information content (AvgIpc) is 3.13. The van der Waals surface area contributed by atoms with Crippen LogP contribution in [0.3, 0.4) is 0 Å². The molecule has 2 aromatic rings.